The van der Waals surface area contributed by atoms with Gasteiger partial charge in [0.25, 0.3) is 0 Å². The van der Waals surface area contributed by atoms with Crippen molar-refractivity contribution in [3.63, 3.8) is 0 Å². The van der Waals surface area contributed by atoms with Crippen molar-refractivity contribution in [1.82, 2.24) is 10.2 Å². The van der Waals surface area contributed by atoms with Gasteiger partial charge in [-0.3, -0.25) is 9.10 Å². The quantitative estimate of drug-likeness (QED) is 0.342. The van der Waals surface area contributed by atoms with Crippen LogP contribution in [0.5, 0.6) is 0 Å². The van der Waals surface area contributed by atoms with Crippen molar-refractivity contribution in [2.24, 2.45) is 0 Å². The van der Waals surface area contributed by atoms with Gasteiger partial charge in [0.2, 0.25) is 15.2 Å². The van der Waals surface area contributed by atoms with Crippen LogP contribution in [0, 0.1) is 0 Å². The average molecular weight is 489 g/mol. The molecule has 0 saturated heterocycles. The van der Waals surface area contributed by atoms with Crippen LogP contribution in [0.1, 0.15) is 28.4 Å². The number of nitrogens with zero attached hydrogens (tertiary/aromatic N) is 3. The zero-order valence-electron chi connectivity index (χ0n) is 17.7. The Morgan fingerprint density at radius 3 is 2.78 bits per heavy atom. The van der Waals surface area contributed by atoms with Crippen LogP contribution in [0.25, 0.3) is 0 Å². The number of carbonyl (C=O) groups excluding carboxylic acids is 1. The second-order valence-electron chi connectivity index (χ2n) is 7.31. The van der Waals surface area contributed by atoms with E-state index in [0.29, 0.717) is 24.2 Å². The Hall–Kier alpha value is -2.43. The predicted molar refractivity (Wildman–Crippen MR) is 131 cm³/mol. The first kappa shape index (κ1) is 22.8. The van der Waals surface area contributed by atoms with Crippen molar-refractivity contribution in [3.8, 4) is 0 Å². The lowest BCUT2D eigenvalue weighted by Gasteiger charge is -2.18. The molecule has 1 aliphatic rings. The van der Waals surface area contributed by atoms with Crippen LogP contribution in [0.3, 0.4) is 0 Å². The van der Waals surface area contributed by atoms with Gasteiger partial charge in [0.15, 0.2) is 10.1 Å². The fourth-order valence-electron chi connectivity index (χ4n) is 3.50. The Balaban J connectivity index is 1.30. The largest absolute Gasteiger partial charge is 0.360 e. The Kier molecular flexibility index (Phi) is 7.12. The molecule has 0 atom stereocenters. The summed E-state index contributed by atoms with van der Waals surface area (Å²) in [5.74, 6) is 0.312. The van der Waals surface area contributed by atoms with Gasteiger partial charge in [-0.15, -0.1) is 10.2 Å². The fourth-order valence-corrected chi connectivity index (χ4v) is 6.33. The molecule has 7 nitrogen and oxygen atoms in total. The molecule has 0 fully saturated rings. The Morgan fingerprint density at radius 2 is 2.00 bits per heavy atom. The number of carbonyl (C=O) groups is 1. The highest BCUT2D eigenvalue weighted by atomic mass is 32.2. The molecule has 0 radical (unpaired) electrons. The van der Waals surface area contributed by atoms with Crippen LogP contribution in [-0.4, -0.2) is 49.0 Å². The summed E-state index contributed by atoms with van der Waals surface area (Å²) in [4.78, 5) is 12.7. The maximum atomic E-state index is 12.7. The minimum absolute atomic E-state index is 0.0108. The molecule has 2 heterocycles. The molecule has 0 unspecified atom stereocenters. The van der Waals surface area contributed by atoms with Gasteiger partial charge in [-0.2, -0.15) is 0 Å². The first-order chi connectivity index (χ1) is 15.5. The molecular weight excluding hydrogens is 464 g/mol. The summed E-state index contributed by atoms with van der Waals surface area (Å²) in [6.07, 6.45) is 1.52. The van der Waals surface area contributed by atoms with Gasteiger partial charge in [0.1, 0.15) is 0 Å². The van der Waals surface area contributed by atoms with Gasteiger partial charge < -0.3 is 5.32 Å². The third kappa shape index (κ3) is 5.31. The summed E-state index contributed by atoms with van der Waals surface area (Å²) in [7, 11) is -3.29. The highest BCUT2D eigenvalue weighted by molar-refractivity contribution is 8.01. The monoisotopic (exact) mass is 488 g/mol. The average Bonchev–Trinajstić information content (AvgIpc) is 3.45. The molecule has 0 spiro atoms. The Bertz CT molecular complexity index is 1200. The van der Waals surface area contributed by atoms with Crippen molar-refractivity contribution < 1.29 is 13.2 Å². The smallest absolute Gasteiger partial charge is 0.234 e. The lowest BCUT2D eigenvalue weighted by Crippen LogP contribution is -2.30. The molecule has 168 valence electrons. The van der Waals surface area contributed by atoms with Gasteiger partial charge in [-0.25, -0.2) is 8.42 Å². The topological polar surface area (TPSA) is 92.3 Å². The van der Waals surface area contributed by atoms with Crippen LogP contribution >= 0.6 is 23.1 Å². The van der Waals surface area contributed by atoms with Gasteiger partial charge in [-0.05, 0) is 49.1 Å². The molecule has 1 aliphatic heterocycles. The van der Waals surface area contributed by atoms with Crippen LogP contribution in [0.15, 0.2) is 52.9 Å². The maximum Gasteiger partial charge on any atom is 0.234 e. The van der Waals surface area contributed by atoms with Crippen molar-refractivity contribution in [2.75, 3.05) is 34.2 Å². The molecular formula is C22H24N4O3S3. The predicted octanol–water partition coefficient (Wildman–Crippen LogP) is 3.88. The number of benzene rings is 2. The molecule has 1 N–H and O–H groups in total. The summed E-state index contributed by atoms with van der Waals surface area (Å²) < 4.78 is 26.6. The number of hydrogen-bond donors (Lipinski definition) is 1. The molecule has 0 amide bonds. The summed E-state index contributed by atoms with van der Waals surface area (Å²) >= 11 is 2.80. The van der Waals surface area contributed by atoms with E-state index >= 15 is 0 Å². The summed E-state index contributed by atoms with van der Waals surface area (Å²) in [5, 5.41) is 12.3. The van der Waals surface area contributed by atoms with Crippen LogP contribution in [-0.2, 0) is 22.9 Å². The summed E-state index contributed by atoms with van der Waals surface area (Å²) in [6.45, 7) is 2.84. The van der Waals surface area contributed by atoms with E-state index in [-0.39, 0.29) is 17.3 Å². The number of sulfonamides is 1. The van der Waals surface area contributed by atoms with E-state index in [0.717, 1.165) is 28.0 Å². The van der Waals surface area contributed by atoms with E-state index in [9.17, 15) is 13.2 Å². The third-order valence-electron chi connectivity index (χ3n) is 5.22. The van der Waals surface area contributed by atoms with Crippen LogP contribution < -0.4 is 9.62 Å². The third-order valence-corrected chi connectivity index (χ3v) is 9.02. The minimum atomic E-state index is -3.29. The number of nitrogens with one attached hydrogen (secondary N) is 1. The fraction of sp³-hybridized carbons (Fsp3) is 0.318. The molecule has 0 saturated carbocycles. The Morgan fingerprint density at radius 1 is 1.19 bits per heavy atom. The van der Waals surface area contributed by atoms with Gasteiger partial charge >= 0.3 is 0 Å². The van der Waals surface area contributed by atoms with Gasteiger partial charge in [0.05, 0.1) is 17.2 Å². The summed E-state index contributed by atoms with van der Waals surface area (Å²) in [5.41, 5.74) is 3.44. The van der Waals surface area contributed by atoms with E-state index in [1.807, 2.05) is 24.3 Å². The number of rotatable bonds is 10. The van der Waals surface area contributed by atoms with E-state index < -0.39 is 10.0 Å². The molecule has 3 aromatic rings. The number of anilines is 2. The summed E-state index contributed by atoms with van der Waals surface area (Å²) in [6, 6.07) is 15.5. The zero-order valence-corrected chi connectivity index (χ0v) is 20.1. The van der Waals surface area contributed by atoms with Crippen LogP contribution in [0.2, 0.25) is 0 Å². The second kappa shape index (κ2) is 10.0. The lowest BCUT2D eigenvalue weighted by atomic mass is 10.1. The zero-order chi connectivity index (χ0) is 22.6. The maximum absolute atomic E-state index is 12.7. The molecule has 10 heteroatoms. The van der Waals surface area contributed by atoms with E-state index in [4.69, 9.17) is 0 Å². The first-order valence-electron chi connectivity index (χ1n) is 10.4. The minimum Gasteiger partial charge on any atom is -0.360 e. The van der Waals surface area contributed by atoms with Gasteiger partial charge in [0, 0.05) is 18.7 Å². The van der Waals surface area contributed by atoms with Crippen molar-refractivity contribution in [3.05, 3.63) is 65.2 Å². The molecule has 0 bridgehead atoms. The standard InChI is InChI=1S/C22H24N4O3S3/c1-2-32(28,29)26-13-11-17-14-18(8-9-19(17)26)20(27)15-30-22-25-24-21(31-22)23-12-10-16-6-4-3-5-7-16/h3-9,14H,2,10-13,15H2,1H3,(H,23,24). The normalized spacial score (nSPS) is 13.2. The van der Waals surface area contributed by atoms with Crippen molar-refractivity contribution in [1.29, 1.82) is 0 Å². The van der Waals surface area contributed by atoms with E-state index in [1.165, 1.54) is 33.0 Å². The molecule has 0 aliphatic carbocycles. The van der Waals surface area contributed by atoms with E-state index in [2.05, 4.69) is 27.6 Å². The number of ketones is 1. The van der Waals surface area contributed by atoms with Crippen molar-refractivity contribution in [2.45, 2.75) is 24.1 Å². The highest BCUT2D eigenvalue weighted by Gasteiger charge is 2.28. The SMILES string of the molecule is CCS(=O)(=O)N1CCc2cc(C(=O)CSc3nnc(NCCc4ccccc4)s3)ccc21. The molecule has 2 aromatic carbocycles. The molecule has 4 rings (SSSR count). The molecule has 1 aromatic heterocycles. The number of fused-ring (bicyclic) bond motifs is 1. The van der Waals surface area contributed by atoms with Gasteiger partial charge in [-0.1, -0.05) is 53.4 Å². The van der Waals surface area contributed by atoms with E-state index in [1.54, 1.807) is 19.1 Å². The Labute approximate surface area is 196 Å². The first-order valence-corrected chi connectivity index (χ1v) is 13.8. The molecule has 32 heavy (non-hydrogen) atoms. The second-order valence-corrected chi connectivity index (χ2v) is 11.7. The number of thioether (sulfide) groups is 1. The number of aromatic nitrogens is 2. The highest BCUT2D eigenvalue weighted by Crippen LogP contribution is 2.32. The van der Waals surface area contributed by atoms with Crippen molar-refractivity contribution >= 4 is 49.7 Å². The lowest BCUT2D eigenvalue weighted by molar-refractivity contribution is 0.102. The number of Topliss-reactive ketones (excluding diaryl/α,β-unsaturated/α-hetero) is 1. The van der Waals surface area contributed by atoms with Crippen LogP contribution in [0.4, 0.5) is 10.8 Å². The number of hydrogen-bond acceptors (Lipinski definition) is 8.